The van der Waals surface area contributed by atoms with E-state index in [4.69, 9.17) is 38.2 Å². The van der Waals surface area contributed by atoms with Crippen molar-refractivity contribution < 1.29 is 4.73 Å². The molecule has 1 saturated heterocycles. The van der Waals surface area contributed by atoms with E-state index in [0.29, 0.717) is 23.8 Å². The molecular weight excluding hydrogens is 1300 g/mol. The molecule has 0 spiro atoms. The van der Waals surface area contributed by atoms with Crippen molar-refractivity contribution in [1.82, 2.24) is 49.3 Å². The van der Waals surface area contributed by atoms with Gasteiger partial charge in [0.25, 0.3) is 11.1 Å². The van der Waals surface area contributed by atoms with Gasteiger partial charge in [-0.05, 0) is 101 Å². The number of aromatic amines is 1. The van der Waals surface area contributed by atoms with Gasteiger partial charge in [-0.1, -0.05) is 58.8 Å². The smallest absolute Gasteiger partial charge is 0.250 e. The van der Waals surface area contributed by atoms with E-state index in [0.717, 1.165) is 79.3 Å². The minimum Gasteiger partial charge on any atom is -0.619 e. The van der Waals surface area contributed by atoms with Crippen LogP contribution in [0.2, 0.25) is 0 Å². The summed E-state index contributed by atoms with van der Waals surface area (Å²) in [6, 6.07) is 18.8. The first-order chi connectivity index (χ1) is 43.5. The molecule has 91 heavy (non-hydrogen) atoms. The first-order valence-electron chi connectivity index (χ1n) is 30.7. The van der Waals surface area contributed by atoms with Gasteiger partial charge in [-0.25, -0.2) is 24.9 Å². The number of hydrogen-bond donors (Lipinski definition) is 2. The summed E-state index contributed by atoms with van der Waals surface area (Å²) in [4.78, 5) is 64.6. The Balaban J connectivity index is 0.000000144. The average Bonchev–Trinajstić information content (AvgIpc) is 2.11. The van der Waals surface area contributed by atoms with Crippen LogP contribution < -0.4 is 26.7 Å². The molecule has 11 heterocycles. The number of H-pyrrole nitrogens is 1. The van der Waals surface area contributed by atoms with E-state index in [-0.39, 0.29) is 41.9 Å². The van der Waals surface area contributed by atoms with Crippen LogP contribution >= 0.6 is 92.3 Å². The van der Waals surface area contributed by atoms with Crippen molar-refractivity contribution in [1.29, 1.82) is 0 Å². The molecule has 5 aliphatic rings. The molecule has 0 bridgehead atoms. The van der Waals surface area contributed by atoms with Crippen LogP contribution in [0.1, 0.15) is 178 Å². The van der Waals surface area contributed by atoms with Crippen LogP contribution in [-0.2, 0) is 14.1 Å². The molecule has 23 heteroatoms. The lowest BCUT2D eigenvalue weighted by atomic mass is 10.1. The van der Waals surface area contributed by atoms with Gasteiger partial charge in [0.05, 0.1) is 59.9 Å². The lowest BCUT2D eigenvalue weighted by Gasteiger charge is -2.04. The molecule has 4 aliphatic carbocycles. The molecule has 0 aromatic carbocycles. The SMILES string of the molecule is C.Cl.ClCCl.Cn1ccc(-c2csc(C3CCCC3)n2)cc1=O.Cn1ccc(-c2csc([C@H]3CCCN3)n2)cc1=O.O=c1cc(-c2csc(C3CCCC3)n2)cc[nH]1.[O-][n+]1ccc(-c2csc(C3CCCC3)n2)cc1.c1cc(-c2csc(C3CCCC3)n2)ccn1. The van der Waals surface area contributed by atoms with Crippen LogP contribution in [0.4, 0.5) is 0 Å². The number of thiazole rings is 5. The van der Waals surface area contributed by atoms with Gasteiger partial charge < -0.3 is 24.6 Å². The van der Waals surface area contributed by atoms with Gasteiger partial charge in [0.1, 0.15) is 5.01 Å². The molecule has 1 aliphatic heterocycles. The van der Waals surface area contributed by atoms with Crippen molar-refractivity contribution in [2.24, 2.45) is 14.1 Å². The predicted molar refractivity (Wildman–Crippen MR) is 381 cm³/mol. The van der Waals surface area contributed by atoms with Crippen molar-refractivity contribution in [3.63, 3.8) is 0 Å². The van der Waals surface area contributed by atoms with E-state index in [1.54, 1.807) is 105 Å². The fraction of sp³-hybridized carbons (Fsp3) is 0.412. The van der Waals surface area contributed by atoms with Gasteiger partial charge in [-0.15, -0.1) is 92.3 Å². The van der Waals surface area contributed by atoms with Crippen LogP contribution in [0.3, 0.4) is 0 Å². The topological polar surface area (TPSA) is 193 Å². The molecule has 0 unspecified atom stereocenters. The van der Waals surface area contributed by atoms with E-state index in [1.807, 2.05) is 71.6 Å². The van der Waals surface area contributed by atoms with Crippen molar-refractivity contribution in [3.05, 3.63) is 192 Å². The Morgan fingerprint density at radius 3 is 1.21 bits per heavy atom. The Labute approximate surface area is 569 Å². The van der Waals surface area contributed by atoms with Crippen molar-refractivity contribution in [3.8, 4) is 56.3 Å². The van der Waals surface area contributed by atoms with Crippen molar-refractivity contribution in [2.75, 3.05) is 11.9 Å². The van der Waals surface area contributed by atoms with E-state index < -0.39 is 0 Å². The van der Waals surface area contributed by atoms with Crippen LogP contribution in [0, 0.1) is 5.21 Å². The van der Waals surface area contributed by atoms with E-state index in [9.17, 15) is 19.6 Å². The number of aromatic nitrogens is 10. The lowest BCUT2D eigenvalue weighted by Crippen LogP contribution is -2.23. The van der Waals surface area contributed by atoms with Gasteiger partial charge in [-0.2, -0.15) is 4.73 Å². The first kappa shape index (κ1) is 70.8. The molecular formula is C68H80Cl3N11O4S5. The first-order valence-corrected chi connectivity index (χ1v) is 36.2. The third kappa shape index (κ3) is 20.0. The zero-order valence-electron chi connectivity index (χ0n) is 50.6. The maximum absolute atomic E-state index is 11.6. The fourth-order valence-corrected chi connectivity index (χ4v) is 16.7. The molecule has 0 radical (unpaired) electrons. The third-order valence-electron chi connectivity index (χ3n) is 16.7. The highest BCUT2D eigenvalue weighted by atomic mass is 35.5. The highest BCUT2D eigenvalue weighted by Gasteiger charge is 2.25. The molecule has 15 rings (SSSR count). The van der Waals surface area contributed by atoms with Crippen LogP contribution in [0.5, 0.6) is 0 Å². The Bertz CT molecular complexity index is 3850. The zero-order valence-corrected chi connectivity index (χ0v) is 57.0. The number of pyridine rings is 5. The van der Waals surface area contributed by atoms with Crippen LogP contribution in [0.25, 0.3) is 56.3 Å². The standard InChI is InChI=1S/C14H16N2OS.C13H15N3OS.2C13H14N2OS.C13H14N2S.CH2Cl2.CH4.ClH/c1-16-7-6-11(8-13(16)17)12-9-18-14(15-12)10-4-2-3-5-10;1-16-6-4-9(7-12(16)17)11-8-18-13(15-11)10-3-2-5-14-10;16-15-7-5-10(6-8-15)12-9-17-13(14-12)11-3-1-2-4-11;16-12-7-10(5-6-14-12)11-8-17-13(15-11)9-3-1-2-4-9;1-2-4-11(3-1)13-15-12(9-16-13)10-5-7-14-8-6-10;2-1-3;;/h6-10H,2-5H2,1H3;4,6-8,10,14H,2-3,5H2,1H3;5-9,11H,1-4H2;5-9H,1-4H2,(H,14,16);5-9,11H,1-4H2;1H2;1H4;1H/t;10-;;;;;;/m.1....../s1. The van der Waals surface area contributed by atoms with Crippen LogP contribution in [0.15, 0.2) is 145 Å². The molecule has 5 fully saturated rings. The summed E-state index contributed by atoms with van der Waals surface area (Å²) in [5.74, 6) is 2.69. The highest BCUT2D eigenvalue weighted by molar-refractivity contribution is 7.11. The summed E-state index contributed by atoms with van der Waals surface area (Å²) in [5.41, 5.74) is 9.78. The Morgan fingerprint density at radius 2 is 0.846 bits per heavy atom. The minimum atomic E-state index is -0.0714. The molecule has 10 aromatic rings. The second-order valence-electron chi connectivity index (χ2n) is 22.9. The van der Waals surface area contributed by atoms with Gasteiger partial charge in [0.2, 0.25) is 5.56 Å². The summed E-state index contributed by atoms with van der Waals surface area (Å²) in [7, 11) is 3.51. The summed E-state index contributed by atoms with van der Waals surface area (Å²) in [5, 5.41) is 31.2. The van der Waals surface area contributed by atoms with Crippen molar-refractivity contribution >= 4 is 92.3 Å². The Kier molecular flexibility index (Phi) is 27.9. The molecule has 10 aromatic heterocycles. The van der Waals surface area contributed by atoms with Crippen LogP contribution in [-0.4, -0.2) is 55.9 Å². The monoisotopic (exact) mass is 1380 g/mol. The maximum atomic E-state index is 11.6. The fourth-order valence-electron chi connectivity index (χ4n) is 11.7. The summed E-state index contributed by atoms with van der Waals surface area (Å²) < 4.78 is 3.94. The number of alkyl halides is 2. The largest absolute Gasteiger partial charge is 0.619 e. The molecule has 15 nitrogen and oxygen atoms in total. The quantitative estimate of drug-likeness (QED) is 0.0752. The second kappa shape index (κ2) is 35.8. The number of aryl methyl sites for hydroxylation is 2. The summed E-state index contributed by atoms with van der Waals surface area (Å²) in [6.07, 6.45) is 35.3. The molecule has 2 N–H and O–H groups in total. The lowest BCUT2D eigenvalue weighted by molar-refractivity contribution is -0.605. The van der Waals surface area contributed by atoms with Crippen molar-refractivity contribution in [2.45, 2.75) is 153 Å². The summed E-state index contributed by atoms with van der Waals surface area (Å²) in [6.45, 7) is 1.07. The van der Waals surface area contributed by atoms with E-state index >= 15 is 0 Å². The minimum absolute atomic E-state index is 0. The Morgan fingerprint density at radius 1 is 0.495 bits per heavy atom. The van der Waals surface area contributed by atoms with E-state index in [1.165, 1.54) is 147 Å². The summed E-state index contributed by atoms with van der Waals surface area (Å²) >= 11 is 18.2. The van der Waals surface area contributed by atoms with Gasteiger partial charge in [-0.3, -0.25) is 19.4 Å². The van der Waals surface area contributed by atoms with Gasteiger partial charge in [0.15, 0.2) is 12.4 Å². The number of hydrogen-bond acceptors (Lipinski definition) is 16. The highest BCUT2D eigenvalue weighted by Crippen LogP contribution is 2.41. The van der Waals surface area contributed by atoms with Gasteiger partial charge in [0, 0.05) is 154 Å². The molecule has 1 atom stereocenters. The number of halogens is 3. The van der Waals surface area contributed by atoms with Gasteiger partial charge >= 0.3 is 0 Å². The molecule has 4 saturated carbocycles. The molecule has 482 valence electrons. The zero-order chi connectivity index (χ0) is 61.9. The number of nitrogens with zero attached hydrogens (tertiary/aromatic N) is 9. The normalized spacial score (nSPS) is 16.3. The predicted octanol–water partition coefficient (Wildman–Crippen LogP) is 17.7. The second-order valence-corrected chi connectivity index (χ2v) is 28.1. The maximum Gasteiger partial charge on any atom is 0.250 e. The Hall–Kier alpha value is -6.07. The molecule has 0 amide bonds. The average molecular weight is 1380 g/mol. The number of rotatable bonds is 10. The van der Waals surface area contributed by atoms with E-state index in [2.05, 4.69) is 46.8 Å². The number of nitrogens with one attached hydrogen (secondary N) is 2. The third-order valence-corrected chi connectivity index (χ3v) is 21.7.